The summed E-state index contributed by atoms with van der Waals surface area (Å²) in [6.45, 7) is 8.84. The molecule has 0 aliphatic carbocycles. The summed E-state index contributed by atoms with van der Waals surface area (Å²) in [4.78, 5) is 4.80. The highest BCUT2D eigenvalue weighted by Crippen LogP contribution is 2.25. The Morgan fingerprint density at radius 3 is 2.59 bits per heavy atom. The van der Waals surface area contributed by atoms with Crippen LogP contribution >= 0.6 is 23.6 Å². The molecule has 0 unspecified atom stereocenters. The Morgan fingerprint density at radius 1 is 1.07 bits per heavy atom. The summed E-state index contributed by atoms with van der Waals surface area (Å²) in [5.41, 5.74) is 4.41. The zero-order valence-electron chi connectivity index (χ0n) is 16.6. The van der Waals surface area contributed by atoms with Crippen LogP contribution in [0.3, 0.4) is 0 Å². The lowest BCUT2D eigenvalue weighted by molar-refractivity contribution is 0.195. The Kier molecular flexibility index (Phi) is 5.94. The van der Waals surface area contributed by atoms with Gasteiger partial charge in [-0.15, -0.1) is 5.10 Å². The van der Waals surface area contributed by atoms with E-state index in [-0.39, 0.29) is 5.82 Å². The second-order valence-corrected chi connectivity index (χ2v) is 8.87. The van der Waals surface area contributed by atoms with Crippen molar-refractivity contribution in [1.29, 1.82) is 0 Å². The van der Waals surface area contributed by atoms with Crippen LogP contribution in [-0.2, 0) is 6.67 Å². The summed E-state index contributed by atoms with van der Waals surface area (Å²) in [6.07, 6.45) is 0. The molecule has 0 amide bonds. The fourth-order valence-corrected chi connectivity index (χ4v) is 4.53. The summed E-state index contributed by atoms with van der Waals surface area (Å²) in [5, 5.41) is 8.18. The Morgan fingerprint density at radius 2 is 1.83 bits per heavy atom. The molecular formula is C21H24FN5S2. The van der Waals surface area contributed by atoms with Gasteiger partial charge in [-0.2, -0.15) is 0 Å². The molecule has 29 heavy (non-hydrogen) atoms. The van der Waals surface area contributed by atoms with Crippen LogP contribution in [0.4, 0.5) is 20.9 Å². The third-order valence-electron chi connectivity index (χ3n) is 5.34. The van der Waals surface area contributed by atoms with E-state index in [1.165, 1.54) is 34.2 Å². The minimum atomic E-state index is -0.303. The van der Waals surface area contributed by atoms with Crippen LogP contribution in [0.15, 0.2) is 42.5 Å². The zero-order chi connectivity index (χ0) is 20.4. The third-order valence-corrected chi connectivity index (χ3v) is 6.57. The predicted molar refractivity (Wildman–Crippen MR) is 120 cm³/mol. The normalized spacial score (nSPS) is 14.9. The molecule has 4 rings (SSSR count). The van der Waals surface area contributed by atoms with Crippen molar-refractivity contribution in [2.45, 2.75) is 20.5 Å². The summed E-state index contributed by atoms with van der Waals surface area (Å²) >= 11 is 6.83. The molecule has 1 fully saturated rings. The van der Waals surface area contributed by atoms with Crippen LogP contribution in [0.5, 0.6) is 0 Å². The first-order valence-electron chi connectivity index (χ1n) is 9.64. The largest absolute Gasteiger partial charge is 0.369 e. The Balaban J connectivity index is 1.38. The highest BCUT2D eigenvalue weighted by molar-refractivity contribution is 7.73. The topological polar surface area (TPSA) is 36.3 Å². The van der Waals surface area contributed by atoms with Crippen molar-refractivity contribution in [2.24, 2.45) is 0 Å². The molecule has 1 aromatic heterocycles. The molecule has 0 saturated carbocycles. The predicted octanol–water partition coefficient (Wildman–Crippen LogP) is 4.95. The minimum Gasteiger partial charge on any atom is -0.369 e. The number of piperazine rings is 1. The lowest BCUT2D eigenvalue weighted by Crippen LogP contribution is -2.47. The molecule has 5 nitrogen and oxygen atoms in total. The van der Waals surface area contributed by atoms with Gasteiger partial charge in [0, 0.05) is 31.9 Å². The summed E-state index contributed by atoms with van der Waals surface area (Å²) in [7, 11) is 0. The molecule has 1 aliphatic heterocycles. The number of rotatable bonds is 5. The summed E-state index contributed by atoms with van der Waals surface area (Å²) < 4.78 is 16.4. The maximum atomic E-state index is 13.9. The van der Waals surface area contributed by atoms with Crippen LogP contribution in [0, 0.1) is 23.6 Å². The second-order valence-electron chi connectivity index (χ2n) is 7.24. The number of anilines is 3. The van der Waals surface area contributed by atoms with E-state index in [9.17, 15) is 4.39 Å². The van der Waals surface area contributed by atoms with E-state index in [4.69, 9.17) is 12.2 Å². The van der Waals surface area contributed by atoms with E-state index in [2.05, 4.69) is 52.3 Å². The van der Waals surface area contributed by atoms with Gasteiger partial charge >= 0.3 is 0 Å². The number of aryl methyl sites for hydroxylation is 1. The maximum absolute atomic E-state index is 13.9. The van der Waals surface area contributed by atoms with Crippen LogP contribution in [0.1, 0.15) is 11.1 Å². The number of nitrogens with one attached hydrogen (secondary N) is 1. The van der Waals surface area contributed by atoms with Gasteiger partial charge in [-0.05, 0) is 55.4 Å². The van der Waals surface area contributed by atoms with E-state index in [0.29, 0.717) is 21.4 Å². The van der Waals surface area contributed by atoms with E-state index in [0.717, 1.165) is 26.2 Å². The van der Waals surface area contributed by atoms with Crippen molar-refractivity contribution in [2.75, 3.05) is 36.4 Å². The van der Waals surface area contributed by atoms with Gasteiger partial charge < -0.3 is 10.2 Å². The number of halogens is 1. The van der Waals surface area contributed by atoms with Crippen LogP contribution in [0.2, 0.25) is 0 Å². The molecule has 152 valence electrons. The van der Waals surface area contributed by atoms with Gasteiger partial charge in [-0.3, -0.25) is 4.90 Å². The quantitative estimate of drug-likeness (QED) is 0.581. The minimum absolute atomic E-state index is 0.303. The monoisotopic (exact) mass is 429 g/mol. The molecule has 0 atom stereocenters. The second kappa shape index (κ2) is 8.61. The van der Waals surface area contributed by atoms with Gasteiger partial charge in [0.1, 0.15) is 5.82 Å². The van der Waals surface area contributed by atoms with Crippen molar-refractivity contribution >= 4 is 40.1 Å². The molecule has 2 heterocycles. The summed E-state index contributed by atoms with van der Waals surface area (Å²) in [5.74, 6) is -0.303. The molecule has 0 radical (unpaired) electrons. The lowest BCUT2D eigenvalue weighted by Gasteiger charge is -2.36. The third kappa shape index (κ3) is 4.49. The van der Waals surface area contributed by atoms with Gasteiger partial charge in [0.05, 0.1) is 12.4 Å². The average molecular weight is 430 g/mol. The standard InChI is InChI=1S/C21H24FN5S2/c1-15-6-5-9-19(16(15)2)26-12-10-25(11-13-26)14-27-21(28)29-20(24-27)23-18-8-4-3-7-17(18)22/h3-9H,10-14H2,1-2H3,(H,23,24). The SMILES string of the molecule is Cc1cccc(N2CCN(Cn3nc(Nc4ccccc4F)sc3=S)CC2)c1C. The van der Waals surface area contributed by atoms with Crippen LogP contribution in [-0.4, -0.2) is 40.9 Å². The first-order chi connectivity index (χ1) is 14.0. The molecule has 0 spiro atoms. The van der Waals surface area contributed by atoms with Crippen molar-refractivity contribution in [3.8, 4) is 0 Å². The number of aromatic nitrogens is 2. The average Bonchev–Trinajstić information content (AvgIpc) is 3.05. The molecule has 1 saturated heterocycles. The van der Waals surface area contributed by atoms with Crippen molar-refractivity contribution in [3.63, 3.8) is 0 Å². The maximum Gasteiger partial charge on any atom is 0.209 e. The van der Waals surface area contributed by atoms with E-state index in [1.54, 1.807) is 18.2 Å². The first-order valence-corrected chi connectivity index (χ1v) is 10.9. The molecule has 1 aliphatic rings. The van der Waals surface area contributed by atoms with E-state index in [1.807, 2.05) is 4.68 Å². The van der Waals surface area contributed by atoms with Crippen molar-refractivity contribution < 1.29 is 4.39 Å². The van der Waals surface area contributed by atoms with Crippen molar-refractivity contribution in [3.05, 3.63) is 63.4 Å². The van der Waals surface area contributed by atoms with Crippen LogP contribution in [0.25, 0.3) is 0 Å². The number of hydrogen-bond acceptors (Lipinski definition) is 6. The smallest absolute Gasteiger partial charge is 0.209 e. The molecule has 0 bridgehead atoms. The highest BCUT2D eigenvalue weighted by atomic mass is 32.1. The fourth-order valence-electron chi connectivity index (χ4n) is 3.52. The molecular weight excluding hydrogens is 405 g/mol. The van der Waals surface area contributed by atoms with Gasteiger partial charge in [-0.25, -0.2) is 9.07 Å². The number of nitrogens with zero attached hydrogens (tertiary/aromatic N) is 4. The Bertz CT molecular complexity index is 1050. The van der Waals surface area contributed by atoms with E-state index < -0.39 is 0 Å². The molecule has 1 N–H and O–H groups in total. The van der Waals surface area contributed by atoms with Crippen molar-refractivity contribution in [1.82, 2.24) is 14.7 Å². The van der Waals surface area contributed by atoms with E-state index >= 15 is 0 Å². The summed E-state index contributed by atoms with van der Waals surface area (Å²) in [6, 6.07) is 13.1. The highest BCUT2D eigenvalue weighted by Gasteiger charge is 2.20. The van der Waals surface area contributed by atoms with Gasteiger partial charge in [0.15, 0.2) is 3.95 Å². The number of hydrogen-bond donors (Lipinski definition) is 1. The zero-order valence-corrected chi connectivity index (χ0v) is 18.2. The first kappa shape index (κ1) is 20.0. The van der Waals surface area contributed by atoms with Gasteiger partial charge in [0.25, 0.3) is 0 Å². The molecule has 2 aromatic carbocycles. The Labute approximate surface area is 179 Å². The number of benzene rings is 2. The molecule has 8 heteroatoms. The lowest BCUT2D eigenvalue weighted by atomic mass is 10.1. The number of para-hydroxylation sites is 1. The van der Waals surface area contributed by atoms with Gasteiger partial charge in [-0.1, -0.05) is 35.6 Å². The Hall–Kier alpha value is -2.29. The van der Waals surface area contributed by atoms with Crippen LogP contribution < -0.4 is 10.2 Å². The fraction of sp³-hybridized carbons (Fsp3) is 0.333. The van der Waals surface area contributed by atoms with Gasteiger partial charge in [0.2, 0.25) is 5.13 Å². The molecule has 3 aromatic rings.